The predicted molar refractivity (Wildman–Crippen MR) is 87.2 cm³/mol. The summed E-state index contributed by atoms with van der Waals surface area (Å²) in [6, 6.07) is 6.18. The summed E-state index contributed by atoms with van der Waals surface area (Å²) in [6.45, 7) is 0. The summed E-state index contributed by atoms with van der Waals surface area (Å²) in [5.74, 6) is -0.487. The minimum Gasteiger partial charge on any atom is -0.497 e. The number of rotatable bonds is 4. The molecular formula is C18H15NO5. The average molecular weight is 325 g/mol. The molecule has 2 aliphatic rings. The van der Waals surface area contributed by atoms with E-state index in [9.17, 15) is 9.59 Å². The van der Waals surface area contributed by atoms with Crippen LogP contribution in [0.3, 0.4) is 0 Å². The van der Waals surface area contributed by atoms with Gasteiger partial charge in [-0.3, -0.25) is 0 Å². The maximum absolute atomic E-state index is 12.0. The van der Waals surface area contributed by atoms with Crippen LogP contribution in [0.25, 0.3) is 6.08 Å². The number of nitrogens with zero attached hydrogens (tertiary/aromatic N) is 1. The van der Waals surface area contributed by atoms with Crippen molar-refractivity contribution >= 4 is 23.9 Å². The first-order valence-electron chi connectivity index (χ1n) is 7.35. The third-order valence-corrected chi connectivity index (χ3v) is 3.72. The van der Waals surface area contributed by atoms with Crippen LogP contribution < -0.4 is 0 Å². The second-order valence-electron chi connectivity index (χ2n) is 5.31. The van der Waals surface area contributed by atoms with Gasteiger partial charge in [0.15, 0.2) is 5.70 Å². The minimum absolute atomic E-state index is 0.104. The maximum atomic E-state index is 12.0. The third-order valence-electron chi connectivity index (χ3n) is 3.72. The molecule has 0 amide bonds. The Bertz CT molecular complexity index is 799. The summed E-state index contributed by atoms with van der Waals surface area (Å²) in [4.78, 5) is 27.1. The zero-order valence-electron chi connectivity index (χ0n) is 12.9. The first-order valence-corrected chi connectivity index (χ1v) is 7.35. The van der Waals surface area contributed by atoms with Crippen LogP contribution in [0.1, 0.15) is 22.3 Å². The molecule has 1 aromatic rings. The van der Waals surface area contributed by atoms with Gasteiger partial charge in [0.25, 0.3) is 0 Å². The fourth-order valence-electron chi connectivity index (χ4n) is 2.40. The van der Waals surface area contributed by atoms with E-state index in [1.165, 1.54) is 12.1 Å². The number of benzene rings is 1. The molecule has 122 valence electrons. The Kier molecular flexibility index (Phi) is 4.29. The Morgan fingerprint density at radius 1 is 1.38 bits per heavy atom. The molecule has 6 heteroatoms. The highest BCUT2D eigenvalue weighted by Gasteiger charge is 2.28. The van der Waals surface area contributed by atoms with Crippen LogP contribution in [0.5, 0.6) is 0 Å². The Morgan fingerprint density at radius 3 is 2.71 bits per heavy atom. The number of aromatic carboxylic acids is 1. The number of carboxylic acid groups (broad SMARTS) is 1. The second kappa shape index (κ2) is 6.54. The van der Waals surface area contributed by atoms with Crippen molar-refractivity contribution in [1.29, 1.82) is 0 Å². The van der Waals surface area contributed by atoms with Crippen molar-refractivity contribution in [1.82, 2.24) is 0 Å². The predicted octanol–water partition coefficient (Wildman–Crippen LogP) is 2.79. The molecule has 1 heterocycles. The molecule has 3 rings (SSSR count). The number of cyclic esters (lactones) is 1. The molecule has 0 radical (unpaired) electrons. The molecule has 1 aliphatic heterocycles. The van der Waals surface area contributed by atoms with Crippen molar-refractivity contribution in [3.8, 4) is 0 Å². The number of hydrogen-bond donors (Lipinski definition) is 1. The van der Waals surface area contributed by atoms with Crippen LogP contribution >= 0.6 is 0 Å². The molecule has 6 nitrogen and oxygen atoms in total. The zero-order chi connectivity index (χ0) is 17.1. The summed E-state index contributed by atoms with van der Waals surface area (Å²) in [5.41, 5.74) is 1.06. The number of carbonyl (C=O) groups excluding carboxylic acids is 1. The lowest BCUT2D eigenvalue weighted by atomic mass is 10.00. The molecule has 1 aromatic carbocycles. The number of aliphatic imine (C=N–C) groups is 1. The van der Waals surface area contributed by atoms with Gasteiger partial charge in [0.1, 0.15) is 5.76 Å². The van der Waals surface area contributed by atoms with E-state index in [0.717, 1.165) is 5.76 Å². The Balaban J connectivity index is 1.78. The van der Waals surface area contributed by atoms with Crippen LogP contribution in [-0.2, 0) is 14.3 Å². The quantitative estimate of drug-likeness (QED) is 0.679. The van der Waals surface area contributed by atoms with E-state index in [1.54, 1.807) is 25.3 Å². The van der Waals surface area contributed by atoms with E-state index in [2.05, 4.69) is 4.99 Å². The second-order valence-corrected chi connectivity index (χ2v) is 5.31. The van der Waals surface area contributed by atoms with Gasteiger partial charge < -0.3 is 14.6 Å². The van der Waals surface area contributed by atoms with Gasteiger partial charge in [0.2, 0.25) is 5.90 Å². The van der Waals surface area contributed by atoms with Gasteiger partial charge >= 0.3 is 11.9 Å². The first kappa shape index (κ1) is 15.7. The standard InChI is InChI=1S/C18H15NO5/c1-23-14-8-6-12(7-9-14)16-19-15(18(22)24-16)10-11-2-4-13(5-3-11)17(20)21/h2-6,8-10,12H,7H2,1H3,(H,20,21)/b15-10+. The van der Waals surface area contributed by atoms with Crippen LogP contribution in [0, 0.1) is 5.92 Å². The number of ether oxygens (including phenoxy) is 2. The van der Waals surface area contributed by atoms with Crippen molar-refractivity contribution in [3.63, 3.8) is 0 Å². The summed E-state index contributed by atoms with van der Waals surface area (Å²) in [5, 5.41) is 8.89. The van der Waals surface area contributed by atoms with E-state index < -0.39 is 11.9 Å². The van der Waals surface area contributed by atoms with Gasteiger partial charge in [-0.25, -0.2) is 14.6 Å². The van der Waals surface area contributed by atoms with E-state index >= 15 is 0 Å². The lowest BCUT2D eigenvalue weighted by Gasteiger charge is -2.13. The molecule has 0 spiro atoms. The molecule has 0 aromatic heterocycles. The smallest absolute Gasteiger partial charge is 0.363 e. The van der Waals surface area contributed by atoms with Gasteiger partial charge in [-0.1, -0.05) is 18.2 Å². The monoisotopic (exact) mass is 325 g/mol. The molecule has 24 heavy (non-hydrogen) atoms. The fraction of sp³-hybridized carbons (Fsp3) is 0.167. The van der Waals surface area contributed by atoms with Crippen LogP contribution in [0.2, 0.25) is 0 Å². The normalized spacial score (nSPS) is 21.3. The van der Waals surface area contributed by atoms with Gasteiger partial charge in [-0.15, -0.1) is 0 Å². The zero-order valence-corrected chi connectivity index (χ0v) is 12.9. The van der Waals surface area contributed by atoms with Gasteiger partial charge in [0, 0.05) is 0 Å². The number of allylic oxidation sites excluding steroid dienone is 2. The van der Waals surface area contributed by atoms with Crippen LogP contribution in [0.15, 0.2) is 58.9 Å². The molecule has 1 N–H and O–H groups in total. The summed E-state index contributed by atoms with van der Waals surface area (Å²) < 4.78 is 10.4. The number of hydrogen-bond acceptors (Lipinski definition) is 5. The Labute approximate surface area is 138 Å². The molecule has 0 fully saturated rings. The molecule has 0 bridgehead atoms. The van der Waals surface area contributed by atoms with Crippen molar-refractivity contribution in [2.24, 2.45) is 10.9 Å². The highest BCUT2D eigenvalue weighted by molar-refractivity contribution is 6.08. The number of carbonyl (C=O) groups is 2. The van der Waals surface area contributed by atoms with Crippen molar-refractivity contribution in [2.45, 2.75) is 6.42 Å². The van der Waals surface area contributed by atoms with Crippen molar-refractivity contribution in [2.75, 3.05) is 7.11 Å². The molecule has 0 saturated carbocycles. The largest absolute Gasteiger partial charge is 0.497 e. The minimum atomic E-state index is -0.998. The number of carboxylic acids is 1. The fourth-order valence-corrected chi connectivity index (χ4v) is 2.40. The molecular weight excluding hydrogens is 310 g/mol. The summed E-state index contributed by atoms with van der Waals surface area (Å²) >= 11 is 0. The van der Waals surface area contributed by atoms with Crippen molar-refractivity contribution < 1.29 is 24.2 Å². The van der Waals surface area contributed by atoms with E-state index in [4.69, 9.17) is 14.6 Å². The third kappa shape index (κ3) is 3.27. The highest BCUT2D eigenvalue weighted by atomic mass is 16.6. The lowest BCUT2D eigenvalue weighted by Crippen LogP contribution is -2.15. The Hall–Kier alpha value is -3.15. The van der Waals surface area contributed by atoms with Crippen LogP contribution in [-0.4, -0.2) is 30.1 Å². The SMILES string of the molecule is COC1=CCC(C2=N/C(=C/c3ccc(C(=O)O)cc3)C(=O)O2)C=C1. The number of methoxy groups -OCH3 is 1. The summed E-state index contributed by atoms with van der Waals surface area (Å²) in [7, 11) is 1.60. The maximum Gasteiger partial charge on any atom is 0.363 e. The van der Waals surface area contributed by atoms with Gasteiger partial charge in [0.05, 0.1) is 18.6 Å². The molecule has 0 saturated heterocycles. The van der Waals surface area contributed by atoms with Gasteiger partial charge in [-0.05, 0) is 42.3 Å². The Morgan fingerprint density at radius 2 is 2.12 bits per heavy atom. The molecule has 1 aliphatic carbocycles. The summed E-state index contributed by atoms with van der Waals surface area (Å²) in [6.07, 6.45) is 7.83. The lowest BCUT2D eigenvalue weighted by molar-refractivity contribution is -0.130. The van der Waals surface area contributed by atoms with E-state index in [1.807, 2.05) is 18.2 Å². The topological polar surface area (TPSA) is 85.2 Å². The first-order chi connectivity index (χ1) is 11.6. The van der Waals surface area contributed by atoms with Gasteiger partial charge in [-0.2, -0.15) is 0 Å². The van der Waals surface area contributed by atoms with Crippen molar-refractivity contribution in [3.05, 3.63) is 65.1 Å². The van der Waals surface area contributed by atoms with Crippen LogP contribution in [0.4, 0.5) is 0 Å². The molecule has 1 unspecified atom stereocenters. The highest BCUT2D eigenvalue weighted by Crippen LogP contribution is 2.25. The van der Waals surface area contributed by atoms with E-state index in [-0.39, 0.29) is 17.2 Å². The number of esters is 1. The molecule has 1 atom stereocenters. The van der Waals surface area contributed by atoms with E-state index in [0.29, 0.717) is 17.9 Å². The average Bonchev–Trinajstić information content (AvgIpc) is 2.96.